The third kappa shape index (κ3) is 4.12. The molecule has 0 aliphatic carbocycles. The monoisotopic (exact) mass is 439 g/mol. The smallest absolute Gasteiger partial charge is 0.267 e. The Morgan fingerprint density at radius 1 is 1.35 bits per heavy atom. The van der Waals surface area contributed by atoms with Crippen molar-refractivity contribution in [2.45, 2.75) is 0 Å². The predicted molar refractivity (Wildman–Crippen MR) is 97.9 cm³/mol. The summed E-state index contributed by atoms with van der Waals surface area (Å²) < 4.78 is 18.3. The van der Waals surface area contributed by atoms with Gasteiger partial charge >= 0.3 is 0 Å². The molecule has 0 saturated carbocycles. The quantitative estimate of drug-likeness (QED) is 0.415. The third-order valence-corrected chi connectivity index (χ3v) is 4.58. The van der Waals surface area contributed by atoms with E-state index in [4.69, 9.17) is 0 Å². The number of aromatic nitrogens is 2. The molecule has 11 heteroatoms. The van der Waals surface area contributed by atoms with Crippen LogP contribution in [-0.2, 0) is 0 Å². The number of amidine groups is 1. The Labute approximate surface area is 158 Å². The summed E-state index contributed by atoms with van der Waals surface area (Å²) in [5.74, 6) is -0.689. The maximum absolute atomic E-state index is 13.4. The fraction of sp³-hybridized carbons (Fsp3) is 0.0667. The molecule has 8 nitrogen and oxygen atoms in total. The lowest BCUT2D eigenvalue weighted by molar-refractivity contribution is 0.102. The molecular formula is C15H11BrFN5O3S. The first-order chi connectivity index (χ1) is 12.6. The summed E-state index contributed by atoms with van der Waals surface area (Å²) in [4.78, 5) is 16.5. The summed E-state index contributed by atoms with van der Waals surface area (Å²) in [6.07, 6.45) is 0. The van der Waals surface area contributed by atoms with Gasteiger partial charge in [-0.25, -0.2) is 14.0 Å². The number of aliphatic imine (C=N–C) groups is 1. The first-order valence-electron chi connectivity index (χ1n) is 7.13. The van der Waals surface area contributed by atoms with Crippen LogP contribution in [0, 0.1) is 5.82 Å². The Bertz CT molecular complexity index is 945. The highest BCUT2D eigenvalue weighted by Gasteiger charge is 2.20. The van der Waals surface area contributed by atoms with Crippen molar-refractivity contribution < 1.29 is 18.9 Å². The standard InChI is InChI=1S/C15H11BrFN5O3S/c16-9-6-8(3-4-10(9)17)19-13(18-7-23)12-14(22-25-21-12)20-15(24)11-2-1-5-26-11/h1-6,23H,7H2,(H,18,19)(H,20,22,24). The molecule has 0 aliphatic rings. The molecule has 1 aromatic carbocycles. The lowest BCUT2D eigenvalue weighted by Gasteiger charge is -2.09. The van der Waals surface area contributed by atoms with Crippen LogP contribution in [0.15, 0.2) is 49.8 Å². The van der Waals surface area contributed by atoms with Crippen molar-refractivity contribution in [3.05, 3.63) is 56.6 Å². The second-order valence-corrected chi connectivity index (χ2v) is 6.60. The lowest BCUT2D eigenvalue weighted by Crippen LogP contribution is -2.19. The molecule has 0 aliphatic heterocycles. The molecule has 0 radical (unpaired) electrons. The number of hydrogen-bond acceptors (Lipinski definition) is 7. The highest BCUT2D eigenvalue weighted by Crippen LogP contribution is 2.22. The number of nitrogens with one attached hydrogen (secondary N) is 2. The zero-order valence-corrected chi connectivity index (χ0v) is 15.3. The number of amides is 1. The Balaban J connectivity index is 1.85. The number of aliphatic hydroxyl groups excluding tert-OH is 1. The summed E-state index contributed by atoms with van der Waals surface area (Å²) in [5.41, 5.74) is 0.563. The van der Waals surface area contributed by atoms with Crippen molar-refractivity contribution in [2.24, 2.45) is 4.99 Å². The highest BCUT2D eigenvalue weighted by molar-refractivity contribution is 9.10. The van der Waals surface area contributed by atoms with E-state index in [1.165, 1.54) is 29.5 Å². The topological polar surface area (TPSA) is 113 Å². The SMILES string of the molecule is O=C(Nc1nonc1C(=NCO)Nc1ccc(F)c(Br)c1)c1cccs1. The number of benzene rings is 1. The fourth-order valence-electron chi connectivity index (χ4n) is 1.96. The molecule has 3 N–H and O–H groups in total. The van der Waals surface area contributed by atoms with Crippen molar-refractivity contribution in [3.63, 3.8) is 0 Å². The normalized spacial score (nSPS) is 11.4. The zero-order valence-electron chi connectivity index (χ0n) is 12.9. The summed E-state index contributed by atoms with van der Waals surface area (Å²) in [6, 6.07) is 7.62. The van der Waals surface area contributed by atoms with Crippen LogP contribution in [0.25, 0.3) is 0 Å². The van der Waals surface area contributed by atoms with E-state index < -0.39 is 12.5 Å². The zero-order chi connectivity index (χ0) is 18.5. The largest absolute Gasteiger partial charge is 0.374 e. The van der Waals surface area contributed by atoms with Gasteiger partial charge in [-0.3, -0.25) is 4.79 Å². The molecule has 2 aromatic heterocycles. The van der Waals surface area contributed by atoms with Gasteiger partial charge in [0.25, 0.3) is 5.91 Å². The van der Waals surface area contributed by atoms with Gasteiger partial charge in [0, 0.05) is 5.69 Å². The van der Waals surface area contributed by atoms with Crippen LogP contribution < -0.4 is 10.6 Å². The average molecular weight is 440 g/mol. The van der Waals surface area contributed by atoms with E-state index in [-0.39, 0.29) is 27.7 Å². The van der Waals surface area contributed by atoms with E-state index in [1.54, 1.807) is 17.5 Å². The molecule has 0 saturated heterocycles. The van der Waals surface area contributed by atoms with Crippen molar-refractivity contribution in [1.29, 1.82) is 0 Å². The molecular weight excluding hydrogens is 429 g/mol. The van der Waals surface area contributed by atoms with Crippen LogP contribution in [0.1, 0.15) is 15.4 Å². The van der Waals surface area contributed by atoms with Crippen LogP contribution in [0.3, 0.4) is 0 Å². The first kappa shape index (κ1) is 18.2. The third-order valence-electron chi connectivity index (χ3n) is 3.10. The summed E-state index contributed by atoms with van der Waals surface area (Å²) in [7, 11) is 0. The molecule has 3 rings (SSSR count). The van der Waals surface area contributed by atoms with Gasteiger partial charge in [0.1, 0.15) is 12.5 Å². The number of halogens is 2. The molecule has 2 heterocycles. The summed E-state index contributed by atoms with van der Waals surface area (Å²) in [5, 5.41) is 23.8. The van der Waals surface area contributed by atoms with E-state index in [0.29, 0.717) is 10.6 Å². The van der Waals surface area contributed by atoms with Gasteiger partial charge in [-0.2, -0.15) is 0 Å². The van der Waals surface area contributed by atoms with Crippen LogP contribution in [-0.4, -0.2) is 33.9 Å². The molecule has 1 amide bonds. The van der Waals surface area contributed by atoms with Gasteiger partial charge in [0.2, 0.25) is 5.82 Å². The molecule has 0 atom stereocenters. The summed E-state index contributed by atoms with van der Waals surface area (Å²) >= 11 is 4.35. The fourth-order valence-corrected chi connectivity index (χ4v) is 2.96. The molecule has 3 aromatic rings. The van der Waals surface area contributed by atoms with E-state index in [9.17, 15) is 14.3 Å². The van der Waals surface area contributed by atoms with Crippen molar-refractivity contribution in [2.75, 3.05) is 17.4 Å². The second kappa shape index (κ2) is 8.17. The maximum Gasteiger partial charge on any atom is 0.267 e. The number of anilines is 2. The molecule has 134 valence electrons. The van der Waals surface area contributed by atoms with Gasteiger partial charge in [-0.1, -0.05) is 6.07 Å². The Morgan fingerprint density at radius 3 is 2.88 bits per heavy atom. The number of rotatable bonds is 5. The van der Waals surface area contributed by atoms with Crippen molar-refractivity contribution in [1.82, 2.24) is 10.3 Å². The minimum absolute atomic E-state index is 0.0317. The molecule has 0 fully saturated rings. The van der Waals surface area contributed by atoms with E-state index in [1.807, 2.05) is 0 Å². The van der Waals surface area contributed by atoms with Gasteiger partial charge in [-0.05, 0) is 55.9 Å². The van der Waals surface area contributed by atoms with Crippen LogP contribution >= 0.6 is 27.3 Å². The van der Waals surface area contributed by atoms with E-state index >= 15 is 0 Å². The minimum Gasteiger partial charge on any atom is -0.374 e. The van der Waals surface area contributed by atoms with Crippen molar-refractivity contribution in [3.8, 4) is 0 Å². The lowest BCUT2D eigenvalue weighted by atomic mass is 10.3. The number of nitrogens with zero attached hydrogens (tertiary/aromatic N) is 3. The summed E-state index contributed by atoms with van der Waals surface area (Å²) in [6.45, 7) is -0.546. The number of hydrogen-bond donors (Lipinski definition) is 3. The Hall–Kier alpha value is -2.63. The van der Waals surface area contributed by atoms with Gasteiger partial charge in [0.15, 0.2) is 11.5 Å². The predicted octanol–water partition coefficient (Wildman–Crippen LogP) is 3.09. The van der Waals surface area contributed by atoms with Crippen molar-refractivity contribution >= 4 is 50.5 Å². The average Bonchev–Trinajstić information content (AvgIpc) is 3.29. The first-order valence-corrected chi connectivity index (χ1v) is 8.81. The molecule has 0 bridgehead atoms. The second-order valence-electron chi connectivity index (χ2n) is 4.79. The molecule has 26 heavy (non-hydrogen) atoms. The maximum atomic E-state index is 13.4. The van der Waals surface area contributed by atoms with Crippen LogP contribution in [0.4, 0.5) is 15.9 Å². The van der Waals surface area contributed by atoms with Gasteiger partial charge in [0.05, 0.1) is 9.35 Å². The molecule has 0 unspecified atom stereocenters. The van der Waals surface area contributed by atoms with Crippen LogP contribution in [0.2, 0.25) is 0 Å². The minimum atomic E-state index is -0.546. The van der Waals surface area contributed by atoms with E-state index in [0.717, 1.165) is 0 Å². The number of thiophene rings is 1. The Morgan fingerprint density at radius 2 is 2.19 bits per heavy atom. The van der Waals surface area contributed by atoms with Gasteiger partial charge < -0.3 is 15.7 Å². The van der Waals surface area contributed by atoms with Crippen LogP contribution in [0.5, 0.6) is 0 Å². The molecule has 0 spiro atoms. The van der Waals surface area contributed by atoms with Gasteiger partial charge in [-0.15, -0.1) is 11.3 Å². The number of carbonyl (C=O) groups is 1. The number of carbonyl (C=O) groups excluding carboxylic acids is 1. The number of aliphatic hydroxyl groups is 1. The Kier molecular flexibility index (Phi) is 5.71. The highest BCUT2D eigenvalue weighted by atomic mass is 79.9. The van der Waals surface area contributed by atoms with E-state index in [2.05, 4.69) is 46.5 Å².